The molecule has 3 rings (SSSR count). The van der Waals surface area contributed by atoms with Crippen LogP contribution in [0.3, 0.4) is 0 Å². The molecule has 1 heterocycles. The van der Waals surface area contributed by atoms with E-state index in [1.807, 2.05) is 12.1 Å². The van der Waals surface area contributed by atoms with Crippen molar-refractivity contribution in [3.8, 4) is 5.69 Å². The Morgan fingerprint density at radius 2 is 1.52 bits per heavy atom. The van der Waals surface area contributed by atoms with Crippen LogP contribution in [0, 0.1) is 20.8 Å². The first-order chi connectivity index (χ1) is 10.2. The highest BCUT2D eigenvalue weighted by Crippen LogP contribution is 2.19. The van der Waals surface area contributed by atoms with Crippen molar-refractivity contribution in [2.45, 2.75) is 20.8 Å². The molecule has 0 aliphatic heterocycles. The summed E-state index contributed by atoms with van der Waals surface area (Å²) in [4.78, 5) is 5.87. The van der Waals surface area contributed by atoms with Gasteiger partial charge in [0.1, 0.15) is 0 Å². The summed E-state index contributed by atoms with van der Waals surface area (Å²) >= 11 is 1.68. The van der Waals surface area contributed by atoms with Gasteiger partial charge in [0.05, 0.1) is 11.4 Å². The number of thiazole rings is 1. The summed E-state index contributed by atoms with van der Waals surface area (Å²) in [6, 6.07) is 16.7. The Balaban J connectivity index is 2.23. The van der Waals surface area contributed by atoms with Gasteiger partial charge in [-0.2, -0.15) is 0 Å². The molecule has 0 saturated heterocycles. The second-order valence-corrected chi connectivity index (χ2v) is 6.02. The van der Waals surface area contributed by atoms with Crippen LogP contribution in [0.1, 0.15) is 16.8 Å². The number of nitrogens with zero attached hydrogens (tertiary/aromatic N) is 2. The van der Waals surface area contributed by atoms with Gasteiger partial charge in [-0.3, -0.25) is 4.57 Å². The molecule has 0 unspecified atom stereocenters. The van der Waals surface area contributed by atoms with Crippen molar-refractivity contribution in [2.24, 2.45) is 4.99 Å². The SMILES string of the molecule is Cc1ccccc1N=c1scc(C)n1-c1ccccc1C. The lowest BCUT2D eigenvalue weighted by atomic mass is 10.2. The van der Waals surface area contributed by atoms with Crippen molar-refractivity contribution in [3.63, 3.8) is 0 Å². The van der Waals surface area contributed by atoms with Crippen molar-refractivity contribution in [3.05, 3.63) is 75.5 Å². The molecule has 0 amide bonds. The van der Waals surface area contributed by atoms with Gasteiger partial charge >= 0.3 is 0 Å². The first kappa shape index (κ1) is 13.8. The van der Waals surface area contributed by atoms with Gasteiger partial charge in [-0.25, -0.2) is 4.99 Å². The van der Waals surface area contributed by atoms with Gasteiger partial charge in [0.2, 0.25) is 0 Å². The van der Waals surface area contributed by atoms with Gasteiger partial charge in [0, 0.05) is 11.1 Å². The Hall–Kier alpha value is -2.13. The van der Waals surface area contributed by atoms with E-state index in [1.54, 1.807) is 11.3 Å². The summed E-state index contributed by atoms with van der Waals surface area (Å²) < 4.78 is 2.23. The number of benzene rings is 2. The average molecular weight is 294 g/mol. The molecule has 3 heteroatoms. The first-order valence-corrected chi connectivity index (χ1v) is 7.88. The maximum absolute atomic E-state index is 4.86. The molecule has 0 fully saturated rings. The Labute approximate surface area is 129 Å². The molecular weight excluding hydrogens is 276 g/mol. The quantitative estimate of drug-likeness (QED) is 0.652. The zero-order valence-electron chi connectivity index (χ0n) is 12.5. The van der Waals surface area contributed by atoms with E-state index in [9.17, 15) is 0 Å². The molecule has 0 aliphatic rings. The number of rotatable bonds is 2. The van der Waals surface area contributed by atoms with Crippen LogP contribution in [0.2, 0.25) is 0 Å². The summed E-state index contributed by atoms with van der Waals surface area (Å²) in [6.45, 7) is 6.36. The van der Waals surface area contributed by atoms with Crippen molar-refractivity contribution >= 4 is 17.0 Å². The zero-order valence-corrected chi connectivity index (χ0v) is 13.3. The summed E-state index contributed by atoms with van der Waals surface area (Å²) in [7, 11) is 0. The molecule has 0 saturated carbocycles. The molecule has 21 heavy (non-hydrogen) atoms. The third-order valence-corrected chi connectivity index (χ3v) is 4.51. The molecular formula is C18H18N2S. The van der Waals surface area contributed by atoms with E-state index in [4.69, 9.17) is 4.99 Å². The Morgan fingerprint density at radius 3 is 2.24 bits per heavy atom. The number of para-hydroxylation sites is 2. The molecule has 0 spiro atoms. The average Bonchev–Trinajstić information content (AvgIpc) is 2.83. The van der Waals surface area contributed by atoms with E-state index in [2.05, 4.69) is 67.1 Å². The topological polar surface area (TPSA) is 17.3 Å². The third-order valence-electron chi connectivity index (χ3n) is 3.57. The maximum Gasteiger partial charge on any atom is 0.194 e. The molecule has 2 aromatic carbocycles. The fraction of sp³-hybridized carbons (Fsp3) is 0.167. The second kappa shape index (κ2) is 5.70. The van der Waals surface area contributed by atoms with E-state index in [0.717, 1.165) is 10.5 Å². The van der Waals surface area contributed by atoms with Gasteiger partial charge < -0.3 is 0 Å². The van der Waals surface area contributed by atoms with Crippen molar-refractivity contribution in [2.75, 3.05) is 0 Å². The molecule has 106 valence electrons. The fourth-order valence-electron chi connectivity index (χ4n) is 2.37. The van der Waals surface area contributed by atoms with Crippen LogP contribution in [0.5, 0.6) is 0 Å². The molecule has 0 radical (unpaired) electrons. The lowest BCUT2D eigenvalue weighted by Crippen LogP contribution is -2.14. The van der Waals surface area contributed by atoms with Crippen LogP contribution in [-0.4, -0.2) is 4.57 Å². The minimum absolute atomic E-state index is 1.01. The molecule has 2 nitrogen and oxygen atoms in total. The van der Waals surface area contributed by atoms with Crippen LogP contribution < -0.4 is 4.80 Å². The number of aromatic nitrogens is 1. The van der Waals surface area contributed by atoms with Gasteiger partial charge in [0.15, 0.2) is 4.80 Å². The summed E-state index contributed by atoms with van der Waals surface area (Å²) in [6.07, 6.45) is 0. The standard InChI is InChI=1S/C18H18N2S/c1-13-8-4-6-10-16(13)19-18-20(15(3)12-21-18)17-11-7-5-9-14(17)2/h4-12H,1-3H3. The summed E-state index contributed by atoms with van der Waals surface area (Å²) in [5.41, 5.74) is 5.89. The largest absolute Gasteiger partial charge is 0.289 e. The molecule has 0 aliphatic carbocycles. The zero-order chi connectivity index (χ0) is 14.8. The minimum Gasteiger partial charge on any atom is -0.289 e. The Bertz CT molecular complexity index is 840. The van der Waals surface area contributed by atoms with Crippen molar-refractivity contribution in [1.29, 1.82) is 0 Å². The number of aryl methyl sites for hydroxylation is 3. The Morgan fingerprint density at radius 1 is 0.857 bits per heavy atom. The highest BCUT2D eigenvalue weighted by molar-refractivity contribution is 7.07. The molecule has 0 N–H and O–H groups in total. The highest BCUT2D eigenvalue weighted by atomic mass is 32.1. The minimum atomic E-state index is 1.01. The number of hydrogen-bond donors (Lipinski definition) is 0. The van der Waals surface area contributed by atoms with Crippen molar-refractivity contribution < 1.29 is 0 Å². The van der Waals surface area contributed by atoms with Crippen LogP contribution in [0.4, 0.5) is 5.69 Å². The molecule has 1 aromatic heterocycles. The summed E-state index contributed by atoms with van der Waals surface area (Å²) in [5, 5.41) is 2.16. The lowest BCUT2D eigenvalue weighted by Gasteiger charge is -2.09. The normalized spacial score (nSPS) is 11.9. The second-order valence-electron chi connectivity index (χ2n) is 5.18. The first-order valence-electron chi connectivity index (χ1n) is 7.00. The smallest absolute Gasteiger partial charge is 0.194 e. The van der Waals surface area contributed by atoms with E-state index in [0.29, 0.717) is 0 Å². The van der Waals surface area contributed by atoms with Crippen LogP contribution in [-0.2, 0) is 0 Å². The van der Waals surface area contributed by atoms with E-state index < -0.39 is 0 Å². The van der Waals surface area contributed by atoms with Crippen molar-refractivity contribution in [1.82, 2.24) is 4.57 Å². The predicted octanol–water partition coefficient (Wildman–Crippen LogP) is 4.70. The fourth-order valence-corrected chi connectivity index (χ4v) is 3.25. The van der Waals surface area contributed by atoms with Gasteiger partial charge in [0.25, 0.3) is 0 Å². The molecule has 3 aromatic rings. The maximum atomic E-state index is 4.86. The monoisotopic (exact) mass is 294 g/mol. The molecule has 0 bridgehead atoms. The van der Waals surface area contributed by atoms with Crippen LogP contribution >= 0.6 is 11.3 Å². The third kappa shape index (κ3) is 2.69. The van der Waals surface area contributed by atoms with E-state index in [1.165, 1.54) is 22.5 Å². The molecule has 0 atom stereocenters. The lowest BCUT2D eigenvalue weighted by molar-refractivity contribution is 0.943. The predicted molar refractivity (Wildman–Crippen MR) is 89.5 cm³/mol. The van der Waals surface area contributed by atoms with Crippen LogP contribution in [0.25, 0.3) is 5.69 Å². The van der Waals surface area contributed by atoms with Gasteiger partial charge in [-0.1, -0.05) is 36.4 Å². The number of hydrogen-bond acceptors (Lipinski definition) is 2. The van der Waals surface area contributed by atoms with Gasteiger partial charge in [-0.15, -0.1) is 11.3 Å². The Kier molecular flexibility index (Phi) is 3.76. The van der Waals surface area contributed by atoms with E-state index in [-0.39, 0.29) is 0 Å². The summed E-state index contributed by atoms with van der Waals surface area (Å²) in [5.74, 6) is 0. The van der Waals surface area contributed by atoms with Crippen LogP contribution in [0.15, 0.2) is 58.9 Å². The highest BCUT2D eigenvalue weighted by Gasteiger charge is 2.07. The van der Waals surface area contributed by atoms with Gasteiger partial charge in [-0.05, 0) is 44.0 Å². The van der Waals surface area contributed by atoms with E-state index >= 15 is 0 Å².